The lowest BCUT2D eigenvalue weighted by atomic mass is 9.94. The highest BCUT2D eigenvalue weighted by molar-refractivity contribution is 8.00. The van der Waals surface area contributed by atoms with Gasteiger partial charge in [-0.2, -0.15) is 11.8 Å². The number of hydrogen-bond donors (Lipinski definition) is 7. The van der Waals surface area contributed by atoms with Crippen LogP contribution in [0, 0.1) is 0 Å². The SMILES string of the molecule is Nc1ccc2c3c(cccc13)C(=O)NC2=O.[N-]=[N+]=Nc1ccc(C(=O)CSCC(NC(=O)CCC(N)C(=O)O)C(=O)NCC(=O)O)cc1. The van der Waals surface area contributed by atoms with Gasteiger partial charge in [0, 0.05) is 55.9 Å². The molecule has 3 aromatic rings. The maximum absolute atomic E-state index is 12.3. The van der Waals surface area contributed by atoms with E-state index in [1.807, 2.05) is 6.07 Å². The molecule has 250 valence electrons. The number of benzene rings is 3. The van der Waals surface area contributed by atoms with Gasteiger partial charge in [-0.25, -0.2) is 0 Å². The molecule has 17 nitrogen and oxygen atoms in total. The summed E-state index contributed by atoms with van der Waals surface area (Å²) in [6.07, 6.45) is -0.403. The minimum atomic E-state index is -1.28. The van der Waals surface area contributed by atoms with Crippen LogP contribution in [-0.2, 0) is 19.2 Å². The lowest BCUT2D eigenvalue weighted by Crippen LogP contribution is -2.49. The Hall–Kier alpha value is -5.97. The van der Waals surface area contributed by atoms with Crippen molar-refractivity contribution in [3.63, 3.8) is 0 Å². The number of carboxylic acids is 2. The quantitative estimate of drug-likeness (QED) is 0.0320. The number of amides is 4. The first-order valence-electron chi connectivity index (χ1n) is 14.0. The molecule has 4 rings (SSSR count). The van der Waals surface area contributed by atoms with Crippen LogP contribution in [0.1, 0.15) is 43.9 Å². The number of carbonyl (C=O) groups is 7. The molecule has 0 radical (unpaired) electrons. The second kappa shape index (κ2) is 17.1. The molecule has 1 aliphatic heterocycles. The fourth-order valence-corrected chi connectivity index (χ4v) is 5.25. The molecule has 2 atom stereocenters. The van der Waals surface area contributed by atoms with Crippen LogP contribution in [-0.4, -0.2) is 81.7 Å². The van der Waals surface area contributed by atoms with Crippen LogP contribution in [0.15, 0.2) is 59.7 Å². The van der Waals surface area contributed by atoms with Crippen molar-refractivity contribution in [2.24, 2.45) is 10.8 Å². The van der Waals surface area contributed by atoms with Crippen molar-refractivity contribution in [2.45, 2.75) is 24.9 Å². The highest BCUT2D eigenvalue weighted by Gasteiger charge is 2.25. The molecule has 2 unspecified atom stereocenters. The van der Waals surface area contributed by atoms with E-state index in [1.165, 1.54) is 24.3 Å². The number of imide groups is 1. The van der Waals surface area contributed by atoms with Gasteiger partial charge < -0.3 is 32.3 Å². The van der Waals surface area contributed by atoms with Crippen LogP contribution in [0.3, 0.4) is 0 Å². The molecular weight excluding hydrogens is 648 g/mol. The minimum absolute atomic E-state index is 0.0370. The van der Waals surface area contributed by atoms with Crippen LogP contribution in [0.2, 0.25) is 0 Å². The molecule has 0 fully saturated rings. The number of azide groups is 1. The molecule has 0 saturated heterocycles. The summed E-state index contributed by atoms with van der Waals surface area (Å²) < 4.78 is 0. The molecule has 18 heteroatoms. The predicted octanol–water partition coefficient (Wildman–Crippen LogP) is 1.73. The van der Waals surface area contributed by atoms with Crippen LogP contribution in [0.4, 0.5) is 11.4 Å². The number of carbonyl (C=O) groups excluding carboxylic acids is 5. The molecule has 0 aromatic heterocycles. The van der Waals surface area contributed by atoms with Gasteiger partial charge in [-0.05, 0) is 30.2 Å². The van der Waals surface area contributed by atoms with Gasteiger partial charge in [-0.15, -0.1) is 0 Å². The summed E-state index contributed by atoms with van der Waals surface area (Å²) in [5.41, 5.74) is 21.8. The Morgan fingerprint density at radius 2 is 1.65 bits per heavy atom. The highest BCUT2D eigenvalue weighted by Crippen LogP contribution is 2.30. The number of nitrogen functional groups attached to an aromatic ring is 1. The van der Waals surface area contributed by atoms with Crippen molar-refractivity contribution in [1.29, 1.82) is 0 Å². The Kier molecular flexibility index (Phi) is 13.0. The molecule has 1 heterocycles. The monoisotopic (exact) mass is 678 g/mol. The number of nitrogens with zero attached hydrogens (tertiary/aromatic N) is 3. The van der Waals surface area contributed by atoms with Crippen molar-refractivity contribution in [3.8, 4) is 0 Å². The van der Waals surface area contributed by atoms with E-state index < -0.39 is 42.4 Å². The maximum Gasteiger partial charge on any atom is 0.322 e. The van der Waals surface area contributed by atoms with Gasteiger partial charge in [-0.1, -0.05) is 41.5 Å². The van der Waals surface area contributed by atoms with Crippen molar-refractivity contribution in [3.05, 3.63) is 81.7 Å². The third kappa shape index (κ3) is 10.0. The molecule has 9 N–H and O–H groups in total. The van der Waals surface area contributed by atoms with Gasteiger partial charge in [0.25, 0.3) is 11.8 Å². The van der Waals surface area contributed by atoms with Crippen LogP contribution >= 0.6 is 11.8 Å². The van der Waals surface area contributed by atoms with Gasteiger partial charge in [0.05, 0.1) is 5.75 Å². The topological polar surface area (TPSA) is 297 Å². The van der Waals surface area contributed by atoms with Gasteiger partial charge in [0.2, 0.25) is 11.8 Å². The van der Waals surface area contributed by atoms with Crippen LogP contribution in [0.5, 0.6) is 0 Å². The Bertz CT molecular complexity index is 1790. The Labute approximate surface area is 276 Å². The molecule has 1 aliphatic rings. The first kappa shape index (κ1) is 36.5. The zero-order valence-electron chi connectivity index (χ0n) is 25.0. The average Bonchev–Trinajstić information content (AvgIpc) is 3.05. The normalized spacial score (nSPS) is 12.7. The molecule has 4 amide bonds. The Balaban J connectivity index is 0.000000320. The number of nitrogens with one attached hydrogen (secondary N) is 3. The van der Waals surface area contributed by atoms with Crippen molar-refractivity contribution in [2.75, 3.05) is 23.8 Å². The van der Waals surface area contributed by atoms with Gasteiger partial charge in [-0.3, -0.25) is 38.9 Å². The van der Waals surface area contributed by atoms with Crippen molar-refractivity contribution in [1.82, 2.24) is 16.0 Å². The van der Waals surface area contributed by atoms with E-state index in [2.05, 4.69) is 26.0 Å². The summed E-state index contributed by atoms with van der Waals surface area (Å²) in [6, 6.07) is 12.1. The van der Waals surface area contributed by atoms with E-state index in [9.17, 15) is 33.6 Å². The smallest absolute Gasteiger partial charge is 0.322 e. The molecule has 0 spiro atoms. The standard InChI is InChI=1S/C18H22N6O7S.C12H8N2O2/c19-12(18(30)31)5-6-15(26)22-13(17(29)21-7-16(27)28)8-32-9-14(25)10-1-3-11(4-2-10)23-24-20;13-9-5-4-8-10-6(9)2-1-3-7(10)11(15)14-12(8)16/h1-4,12-13H,5-9,19H2,(H,21,29)(H,22,26)(H,27,28)(H,30,31);1-5H,13H2,(H,14,15,16). The second-order valence-electron chi connectivity index (χ2n) is 10.1. The Morgan fingerprint density at radius 3 is 2.27 bits per heavy atom. The summed E-state index contributed by atoms with van der Waals surface area (Å²) in [6.45, 7) is -0.657. The van der Waals surface area contributed by atoms with E-state index in [-0.39, 0.29) is 41.9 Å². The zero-order chi connectivity index (χ0) is 35.4. The summed E-state index contributed by atoms with van der Waals surface area (Å²) in [5.74, 6) is -5.03. The van der Waals surface area contributed by atoms with Crippen molar-refractivity contribution >= 4 is 75.3 Å². The van der Waals surface area contributed by atoms with E-state index in [1.54, 1.807) is 24.3 Å². The largest absolute Gasteiger partial charge is 0.480 e. The fourth-order valence-electron chi connectivity index (χ4n) is 4.31. The molecule has 0 aliphatic carbocycles. The number of hydrogen-bond acceptors (Lipinski definition) is 11. The molecule has 0 bridgehead atoms. The number of ketones is 1. The summed E-state index contributed by atoms with van der Waals surface area (Å²) in [5, 5.41) is 29.1. The zero-order valence-corrected chi connectivity index (χ0v) is 25.9. The minimum Gasteiger partial charge on any atom is -0.480 e. The summed E-state index contributed by atoms with van der Waals surface area (Å²) in [7, 11) is 0. The Morgan fingerprint density at radius 1 is 0.979 bits per heavy atom. The number of Topliss-reactive ketones (excluding diaryl/α,β-unsaturated/α-hetero) is 1. The molecule has 0 saturated carbocycles. The average molecular weight is 679 g/mol. The third-order valence-corrected chi connectivity index (χ3v) is 7.76. The lowest BCUT2D eigenvalue weighted by molar-refractivity contribution is -0.139. The van der Waals surface area contributed by atoms with E-state index in [0.29, 0.717) is 33.5 Å². The molecule has 48 heavy (non-hydrogen) atoms. The van der Waals surface area contributed by atoms with E-state index >= 15 is 0 Å². The van der Waals surface area contributed by atoms with Crippen molar-refractivity contribution < 1.29 is 43.8 Å². The number of thioether (sulfide) groups is 1. The van der Waals surface area contributed by atoms with Gasteiger partial charge >= 0.3 is 11.9 Å². The molecule has 3 aromatic carbocycles. The fraction of sp³-hybridized carbons (Fsp3) is 0.233. The first-order valence-corrected chi connectivity index (χ1v) is 15.2. The summed E-state index contributed by atoms with van der Waals surface area (Å²) in [4.78, 5) is 83.9. The maximum atomic E-state index is 12.3. The number of carboxylic acid groups (broad SMARTS) is 2. The highest BCUT2D eigenvalue weighted by atomic mass is 32.2. The first-order chi connectivity index (χ1) is 22.8. The summed E-state index contributed by atoms with van der Waals surface area (Å²) >= 11 is 1.04. The number of nitrogens with two attached hydrogens (primary N) is 2. The van der Waals surface area contributed by atoms with E-state index in [4.69, 9.17) is 27.2 Å². The second-order valence-corrected chi connectivity index (χ2v) is 11.1. The lowest BCUT2D eigenvalue weighted by Gasteiger charge is -2.18. The van der Waals surface area contributed by atoms with E-state index in [0.717, 1.165) is 17.1 Å². The number of anilines is 1. The molecular formula is C30H30N8O9S. The predicted molar refractivity (Wildman–Crippen MR) is 174 cm³/mol. The number of rotatable bonds is 14. The third-order valence-electron chi connectivity index (χ3n) is 6.72. The van der Waals surface area contributed by atoms with Crippen LogP contribution < -0.4 is 27.4 Å². The van der Waals surface area contributed by atoms with Gasteiger partial charge in [0.1, 0.15) is 18.6 Å². The number of aliphatic carboxylic acids is 2. The van der Waals surface area contributed by atoms with Crippen LogP contribution in [0.25, 0.3) is 21.2 Å². The van der Waals surface area contributed by atoms with Gasteiger partial charge in [0.15, 0.2) is 5.78 Å².